The molecule has 0 unspecified atom stereocenters. The third-order valence-electron chi connectivity index (χ3n) is 2.12. The molecular weight excluding hydrogens is 222 g/mol. The van der Waals surface area contributed by atoms with Gasteiger partial charge in [0.1, 0.15) is 17.3 Å². The van der Waals surface area contributed by atoms with E-state index in [1.807, 2.05) is 6.07 Å². The summed E-state index contributed by atoms with van der Waals surface area (Å²) in [5, 5.41) is 12.5. The first-order chi connectivity index (χ1) is 8.22. The Labute approximate surface area is 96.3 Å². The summed E-state index contributed by atoms with van der Waals surface area (Å²) >= 11 is 0. The maximum absolute atomic E-state index is 11.3. The van der Waals surface area contributed by atoms with Crippen molar-refractivity contribution in [2.24, 2.45) is 10.2 Å². The zero-order valence-electron chi connectivity index (χ0n) is 9.10. The van der Waals surface area contributed by atoms with Crippen molar-refractivity contribution >= 4 is 17.2 Å². The maximum atomic E-state index is 11.3. The van der Waals surface area contributed by atoms with Gasteiger partial charge in [0.25, 0.3) is 5.56 Å². The van der Waals surface area contributed by atoms with Crippen molar-refractivity contribution in [3.8, 4) is 5.75 Å². The van der Waals surface area contributed by atoms with Crippen LogP contribution in [-0.4, -0.2) is 17.3 Å². The van der Waals surface area contributed by atoms with Gasteiger partial charge < -0.3 is 10.5 Å². The molecule has 7 heteroatoms. The lowest BCUT2D eigenvalue weighted by atomic mass is 10.3. The van der Waals surface area contributed by atoms with E-state index < -0.39 is 5.56 Å². The number of aromatic amines is 2. The Morgan fingerprint density at radius 1 is 1.24 bits per heavy atom. The summed E-state index contributed by atoms with van der Waals surface area (Å²) in [7, 11) is 1.53. The molecule has 1 heterocycles. The fraction of sp³-hybridized carbons (Fsp3) is 0.100. The van der Waals surface area contributed by atoms with Gasteiger partial charge in [-0.1, -0.05) is 12.1 Å². The molecule has 4 N–H and O–H groups in total. The highest BCUT2D eigenvalue weighted by Gasteiger charge is 2.06. The molecule has 17 heavy (non-hydrogen) atoms. The molecule has 0 aliphatic rings. The number of hydrogen-bond donors (Lipinski definition) is 3. The lowest BCUT2D eigenvalue weighted by Crippen LogP contribution is -1.96. The monoisotopic (exact) mass is 233 g/mol. The van der Waals surface area contributed by atoms with E-state index in [0.29, 0.717) is 11.4 Å². The van der Waals surface area contributed by atoms with Gasteiger partial charge in [0, 0.05) is 0 Å². The molecule has 1 aromatic heterocycles. The number of anilines is 1. The number of aromatic nitrogens is 2. The second-order valence-corrected chi connectivity index (χ2v) is 3.21. The maximum Gasteiger partial charge on any atom is 0.293 e. The summed E-state index contributed by atoms with van der Waals surface area (Å²) in [6.07, 6.45) is 0. The number of azo groups is 1. The quantitative estimate of drug-likeness (QED) is 0.702. The number of nitrogens with two attached hydrogens (primary N) is 1. The van der Waals surface area contributed by atoms with Crippen LogP contribution in [0.2, 0.25) is 0 Å². The van der Waals surface area contributed by atoms with Crippen LogP contribution >= 0.6 is 0 Å². The van der Waals surface area contributed by atoms with Crippen LogP contribution in [0.3, 0.4) is 0 Å². The van der Waals surface area contributed by atoms with Crippen molar-refractivity contribution in [1.29, 1.82) is 0 Å². The number of ether oxygens (including phenoxy) is 1. The number of methoxy groups -OCH3 is 1. The van der Waals surface area contributed by atoms with E-state index in [-0.39, 0.29) is 11.5 Å². The molecule has 0 spiro atoms. The number of nitrogens with zero attached hydrogens (tertiary/aromatic N) is 2. The van der Waals surface area contributed by atoms with Crippen LogP contribution in [0.4, 0.5) is 17.2 Å². The van der Waals surface area contributed by atoms with Gasteiger partial charge in [-0.3, -0.25) is 15.0 Å². The van der Waals surface area contributed by atoms with E-state index in [0.717, 1.165) is 0 Å². The first-order valence-corrected chi connectivity index (χ1v) is 4.83. The Bertz CT molecular complexity index is 599. The zero-order valence-corrected chi connectivity index (χ0v) is 9.10. The first-order valence-electron chi connectivity index (χ1n) is 4.83. The van der Waals surface area contributed by atoms with Crippen molar-refractivity contribution in [2.75, 3.05) is 12.8 Å². The van der Waals surface area contributed by atoms with Gasteiger partial charge in [-0.2, -0.15) is 0 Å². The number of benzene rings is 1. The summed E-state index contributed by atoms with van der Waals surface area (Å²) < 4.78 is 5.10. The third kappa shape index (κ3) is 2.17. The highest BCUT2D eigenvalue weighted by atomic mass is 16.5. The summed E-state index contributed by atoms with van der Waals surface area (Å²) in [4.78, 5) is 11.3. The molecule has 1 aromatic carbocycles. The number of nitrogens with one attached hydrogen (secondary N) is 2. The van der Waals surface area contributed by atoms with E-state index in [4.69, 9.17) is 10.5 Å². The molecule has 0 amide bonds. The lowest BCUT2D eigenvalue weighted by molar-refractivity contribution is 0.416. The first kappa shape index (κ1) is 10.9. The molecule has 2 aromatic rings. The molecule has 7 nitrogen and oxygen atoms in total. The van der Waals surface area contributed by atoms with E-state index in [1.54, 1.807) is 18.2 Å². The van der Waals surface area contributed by atoms with E-state index in [1.165, 1.54) is 7.11 Å². The molecule has 0 radical (unpaired) electrons. The summed E-state index contributed by atoms with van der Waals surface area (Å²) in [5.41, 5.74) is 5.66. The second kappa shape index (κ2) is 4.52. The van der Waals surface area contributed by atoms with Crippen molar-refractivity contribution in [3.63, 3.8) is 0 Å². The van der Waals surface area contributed by atoms with Gasteiger partial charge in [0.2, 0.25) is 0 Å². The van der Waals surface area contributed by atoms with Gasteiger partial charge in [0.05, 0.1) is 7.11 Å². The van der Waals surface area contributed by atoms with Gasteiger partial charge >= 0.3 is 0 Å². The predicted octanol–water partition coefficient (Wildman–Crippen LogP) is 1.71. The highest BCUT2D eigenvalue weighted by molar-refractivity contribution is 5.56. The molecule has 88 valence electrons. The topological polar surface area (TPSA) is 109 Å². The summed E-state index contributed by atoms with van der Waals surface area (Å²) in [6, 6.07) is 7.08. The Morgan fingerprint density at radius 3 is 2.65 bits per heavy atom. The molecule has 0 saturated carbocycles. The molecule has 0 aliphatic carbocycles. The number of hydrogen-bond acceptors (Lipinski definition) is 5. The largest absolute Gasteiger partial charge is 0.494 e. The third-order valence-corrected chi connectivity index (χ3v) is 2.12. The Morgan fingerprint density at radius 2 is 2.00 bits per heavy atom. The SMILES string of the molecule is COc1ccccc1N=Nc1c(N)[nH][nH]c1=O. The minimum atomic E-state index is -0.416. The number of nitrogen functional groups attached to an aromatic ring is 1. The van der Waals surface area contributed by atoms with Gasteiger partial charge in [-0.05, 0) is 12.1 Å². The minimum absolute atomic E-state index is 0.0518. The molecule has 2 rings (SSSR count). The van der Waals surface area contributed by atoms with Crippen LogP contribution in [-0.2, 0) is 0 Å². The van der Waals surface area contributed by atoms with Crippen molar-refractivity contribution < 1.29 is 4.74 Å². The van der Waals surface area contributed by atoms with Gasteiger partial charge in [0.15, 0.2) is 5.69 Å². The second-order valence-electron chi connectivity index (χ2n) is 3.21. The fourth-order valence-electron chi connectivity index (χ4n) is 1.28. The number of H-pyrrole nitrogens is 2. The average molecular weight is 233 g/mol. The predicted molar refractivity (Wildman–Crippen MR) is 63.0 cm³/mol. The standard InChI is InChI=1S/C10H11N5O2/c1-17-7-5-3-2-4-6(7)12-13-8-9(11)14-15-10(8)16/h2-5H,1H3,(H4,11,14,15,16). The molecule has 0 fully saturated rings. The van der Waals surface area contributed by atoms with Gasteiger partial charge in [-0.15, -0.1) is 10.2 Å². The fourth-order valence-corrected chi connectivity index (χ4v) is 1.28. The molecule has 0 atom stereocenters. The van der Waals surface area contributed by atoms with E-state index >= 15 is 0 Å². The summed E-state index contributed by atoms with van der Waals surface area (Å²) in [6.45, 7) is 0. The Hall–Kier alpha value is -2.57. The van der Waals surface area contributed by atoms with E-state index in [9.17, 15) is 4.79 Å². The van der Waals surface area contributed by atoms with Crippen LogP contribution in [0.15, 0.2) is 39.3 Å². The smallest absolute Gasteiger partial charge is 0.293 e. The van der Waals surface area contributed by atoms with Crippen molar-refractivity contribution in [3.05, 3.63) is 34.6 Å². The molecular formula is C10H11N5O2. The van der Waals surface area contributed by atoms with Crippen LogP contribution in [0, 0.1) is 0 Å². The molecule has 0 bridgehead atoms. The number of para-hydroxylation sites is 1. The van der Waals surface area contributed by atoms with Crippen molar-refractivity contribution in [1.82, 2.24) is 10.2 Å². The van der Waals surface area contributed by atoms with Crippen LogP contribution in [0.25, 0.3) is 0 Å². The highest BCUT2D eigenvalue weighted by Crippen LogP contribution is 2.28. The van der Waals surface area contributed by atoms with Gasteiger partial charge in [-0.25, -0.2) is 0 Å². The normalized spacial score (nSPS) is 10.9. The van der Waals surface area contributed by atoms with E-state index in [2.05, 4.69) is 20.4 Å². The van der Waals surface area contributed by atoms with Crippen LogP contribution in [0.1, 0.15) is 0 Å². The zero-order chi connectivity index (χ0) is 12.3. The minimum Gasteiger partial charge on any atom is -0.494 e. The average Bonchev–Trinajstić information content (AvgIpc) is 2.67. The van der Waals surface area contributed by atoms with Crippen molar-refractivity contribution in [2.45, 2.75) is 0 Å². The lowest BCUT2D eigenvalue weighted by Gasteiger charge is -2.01. The Kier molecular flexibility index (Phi) is 2.91. The molecule has 0 saturated heterocycles. The van der Waals surface area contributed by atoms with Crippen LogP contribution < -0.4 is 16.0 Å². The summed E-state index contributed by atoms with van der Waals surface area (Å²) in [5.74, 6) is 0.718. The van der Waals surface area contributed by atoms with Crippen LogP contribution in [0.5, 0.6) is 5.75 Å². The number of rotatable bonds is 3. The Balaban J connectivity index is 2.35. The molecule has 0 aliphatic heterocycles.